The Morgan fingerprint density at radius 2 is 1.57 bits per heavy atom. The van der Waals surface area contributed by atoms with Gasteiger partial charge in [0.15, 0.2) is 22.3 Å². The Balaban J connectivity index is 2.01. The second kappa shape index (κ2) is 9.70. The van der Waals surface area contributed by atoms with Crippen LogP contribution in [0.3, 0.4) is 0 Å². The predicted octanol–water partition coefficient (Wildman–Crippen LogP) is 3.64. The monoisotopic (exact) mass is 562 g/mol. The van der Waals surface area contributed by atoms with E-state index in [0.717, 1.165) is 3.57 Å². The Bertz CT molecular complexity index is 1090. The number of carbonyl (C=O) groups excluding carboxylic acids is 2. The maximum absolute atomic E-state index is 14.0. The molecule has 0 saturated carbocycles. The van der Waals surface area contributed by atoms with Crippen molar-refractivity contribution in [2.75, 3.05) is 6.61 Å². The first kappa shape index (κ1) is 24.0. The molecular weight excluding hydrogens is 551 g/mol. The van der Waals surface area contributed by atoms with Crippen LogP contribution >= 0.6 is 22.6 Å². The number of hydrogen-bond acceptors (Lipinski definition) is 6. The average molecular weight is 562 g/mol. The van der Waals surface area contributed by atoms with Gasteiger partial charge in [0.2, 0.25) is 11.6 Å². The van der Waals surface area contributed by atoms with Crippen LogP contribution in [-0.2, 0) is 19.6 Å². The molecule has 13 heteroatoms. The molecule has 7 nitrogen and oxygen atoms in total. The number of hydrogen-bond donors (Lipinski definition) is 1. The fourth-order valence-electron chi connectivity index (χ4n) is 2.12. The molecule has 2 rings (SSSR count). The van der Waals surface area contributed by atoms with Gasteiger partial charge < -0.3 is 9.47 Å². The van der Waals surface area contributed by atoms with Crippen LogP contribution in [0.2, 0.25) is 0 Å². The summed E-state index contributed by atoms with van der Waals surface area (Å²) in [4.78, 5) is 21.3. The highest BCUT2D eigenvalue weighted by Gasteiger charge is 2.34. The van der Waals surface area contributed by atoms with Crippen molar-refractivity contribution in [1.29, 1.82) is 0 Å². The lowest BCUT2D eigenvalue weighted by Crippen LogP contribution is -2.16. The van der Waals surface area contributed by atoms with Crippen molar-refractivity contribution in [3.63, 3.8) is 0 Å². The molecule has 0 heterocycles. The summed E-state index contributed by atoms with van der Waals surface area (Å²) in [7, 11) is -5.63. The summed E-state index contributed by atoms with van der Waals surface area (Å²) in [5.41, 5.74) is 0.252. The summed E-state index contributed by atoms with van der Waals surface area (Å²) < 4.78 is 95.3. The van der Waals surface area contributed by atoms with Crippen molar-refractivity contribution in [2.24, 2.45) is 0 Å². The second-order valence-electron chi connectivity index (χ2n) is 5.61. The van der Waals surface area contributed by atoms with E-state index in [2.05, 4.69) is 4.74 Å². The van der Waals surface area contributed by atoms with E-state index < -0.39 is 62.4 Å². The zero-order chi connectivity index (χ0) is 22.6. The van der Waals surface area contributed by atoms with Crippen LogP contribution < -0.4 is 4.74 Å². The number of esters is 2. The van der Waals surface area contributed by atoms with Crippen molar-refractivity contribution in [3.05, 3.63) is 56.7 Å². The third kappa shape index (κ3) is 5.66. The van der Waals surface area contributed by atoms with Crippen LogP contribution in [0.25, 0.3) is 0 Å². The molecule has 0 aliphatic rings. The lowest BCUT2D eigenvalue weighted by atomic mass is 10.2. The molecule has 0 bridgehead atoms. The predicted molar refractivity (Wildman–Crippen MR) is 100 cm³/mol. The van der Waals surface area contributed by atoms with Gasteiger partial charge in [-0.05, 0) is 53.3 Å². The minimum atomic E-state index is -5.63. The van der Waals surface area contributed by atoms with Crippen LogP contribution in [0, 0.1) is 26.8 Å². The maximum atomic E-state index is 14.0. The molecule has 0 radical (unpaired) electrons. The molecule has 2 aromatic carbocycles. The van der Waals surface area contributed by atoms with E-state index in [1.54, 1.807) is 12.1 Å². The topological polar surface area (TPSA) is 107 Å². The zero-order valence-corrected chi connectivity index (χ0v) is 17.6. The van der Waals surface area contributed by atoms with Gasteiger partial charge in [-0.2, -0.15) is 12.8 Å². The highest BCUT2D eigenvalue weighted by molar-refractivity contribution is 14.1. The first-order valence-electron chi connectivity index (χ1n) is 7.90. The Labute approximate surface area is 180 Å². The summed E-state index contributed by atoms with van der Waals surface area (Å²) in [5, 5.41) is 0. The van der Waals surface area contributed by atoms with E-state index >= 15 is 0 Å². The molecule has 0 amide bonds. The van der Waals surface area contributed by atoms with Gasteiger partial charge in [-0.15, -0.1) is 0 Å². The first-order valence-corrected chi connectivity index (χ1v) is 10.4. The molecule has 0 saturated heterocycles. The number of carbonyl (C=O) groups is 2. The molecule has 0 spiro atoms. The van der Waals surface area contributed by atoms with Gasteiger partial charge in [-0.3, -0.25) is 9.35 Å². The molecule has 0 unspecified atom stereocenters. The fourth-order valence-corrected chi connectivity index (χ4v) is 3.12. The van der Waals surface area contributed by atoms with Gasteiger partial charge in [0.1, 0.15) is 0 Å². The van der Waals surface area contributed by atoms with Crippen LogP contribution in [0.4, 0.5) is 17.6 Å². The van der Waals surface area contributed by atoms with E-state index in [1.165, 1.54) is 12.1 Å². The average Bonchev–Trinajstić information content (AvgIpc) is 2.66. The Morgan fingerprint density at radius 3 is 2.13 bits per heavy atom. The van der Waals surface area contributed by atoms with E-state index in [-0.39, 0.29) is 18.6 Å². The number of benzene rings is 2. The summed E-state index contributed by atoms with van der Waals surface area (Å²) in [6, 6.07) is 6.36. The van der Waals surface area contributed by atoms with Crippen molar-refractivity contribution in [1.82, 2.24) is 0 Å². The van der Waals surface area contributed by atoms with Crippen molar-refractivity contribution >= 4 is 44.6 Å². The van der Waals surface area contributed by atoms with Gasteiger partial charge in [0.25, 0.3) is 0 Å². The molecule has 0 fully saturated rings. The van der Waals surface area contributed by atoms with Crippen LogP contribution in [0.5, 0.6) is 5.75 Å². The van der Waals surface area contributed by atoms with Crippen molar-refractivity contribution in [2.45, 2.75) is 17.7 Å². The SMILES string of the molecule is O=C(CCCOC(=O)c1ccc(I)cc1)Oc1c(F)c(F)c(F)c(S(=O)(=O)O)c1F. The zero-order valence-electron chi connectivity index (χ0n) is 14.6. The molecule has 0 atom stereocenters. The van der Waals surface area contributed by atoms with Gasteiger partial charge >= 0.3 is 22.1 Å². The molecule has 162 valence electrons. The van der Waals surface area contributed by atoms with Crippen LogP contribution in [-0.4, -0.2) is 31.5 Å². The Kier molecular flexibility index (Phi) is 7.76. The number of ether oxygens (including phenoxy) is 2. The summed E-state index contributed by atoms with van der Waals surface area (Å²) in [6.07, 6.45) is -0.730. The largest absolute Gasteiger partial charge is 0.462 e. The first-order chi connectivity index (χ1) is 13.9. The Hall–Kier alpha value is -2.26. The lowest BCUT2D eigenvalue weighted by molar-refractivity contribution is -0.135. The maximum Gasteiger partial charge on any atom is 0.338 e. The van der Waals surface area contributed by atoms with E-state index in [0.29, 0.717) is 0 Å². The summed E-state index contributed by atoms with van der Waals surface area (Å²) in [5.74, 6) is -13.4. The molecule has 0 aliphatic heterocycles. The van der Waals surface area contributed by atoms with Crippen molar-refractivity contribution in [3.8, 4) is 5.75 Å². The molecule has 2 aromatic rings. The summed E-state index contributed by atoms with van der Waals surface area (Å²) in [6.45, 7) is -0.279. The second-order valence-corrected chi connectivity index (χ2v) is 8.21. The highest BCUT2D eigenvalue weighted by Crippen LogP contribution is 2.33. The minimum Gasteiger partial charge on any atom is -0.462 e. The molecule has 30 heavy (non-hydrogen) atoms. The minimum absolute atomic E-state index is 0.160. The van der Waals surface area contributed by atoms with Gasteiger partial charge in [-0.25, -0.2) is 18.0 Å². The summed E-state index contributed by atoms with van der Waals surface area (Å²) >= 11 is 2.04. The number of halogens is 5. The number of rotatable bonds is 7. The highest BCUT2D eigenvalue weighted by atomic mass is 127. The fraction of sp³-hybridized carbons (Fsp3) is 0.176. The smallest absolute Gasteiger partial charge is 0.338 e. The molecule has 1 N–H and O–H groups in total. The molecule has 0 aromatic heterocycles. The Morgan fingerprint density at radius 1 is 0.967 bits per heavy atom. The van der Waals surface area contributed by atoms with Gasteiger partial charge in [0, 0.05) is 9.99 Å². The van der Waals surface area contributed by atoms with Gasteiger partial charge in [0.05, 0.1) is 12.2 Å². The molecular formula is C17H11F4IO7S. The third-order valence-electron chi connectivity index (χ3n) is 3.49. The van der Waals surface area contributed by atoms with E-state index in [1.807, 2.05) is 22.6 Å². The van der Waals surface area contributed by atoms with Crippen LogP contribution in [0.1, 0.15) is 23.2 Å². The lowest BCUT2D eigenvalue weighted by Gasteiger charge is -2.11. The van der Waals surface area contributed by atoms with Crippen LogP contribution in [0.15, 0.2) is 29.2 Å². The van der Waals surface area contributed by atoms with E-state index in [9.17, 15) is 35.6 Å². The standard InChI is InChI=1S/C17H11F4IO7S/c18-11-12(19)15(14(21)16(13(11)20)30(25,26)27)29-10(23)2-1-7-28-17(24)8-3-5-9(22)6-4-8/h3-6H,1-2,7H2,(H,25,26,27). The normalized spacial score (nSPS) is 11.3. The van der Waals surface area contributed by atoms with Gasteiger partial charge in [-0.1, -0.05) is 0 Å². The van der Waals surface area contributed by atoms with Crippen molar-refractivity contribution < 1.29 is 49.6 Å². The third-order valence-corrected chi connectivity index (χ3v) is 5.09. The van der Waals surface area contributed by atoms with E-state index in [4.69, 9.17) is 9.29 Å². The molecule has 0 aliphatic carbocycles. The quantitative estimate of drug-likeness (QED) is 0.0803.